The predicted octanol–water partition coefficient (Wildman–Crippen LogP) is 2.57. The molecule has 0 bridgehead atoms. The van der Waals surface area contributed by atoms with Gasteiger partial charge in [0.25, 0.3) is 5.91 Å². The first kappa shape index (κ1) is 16.5. The summed E-state index contributed by atoms with van der Waals surface area (Å²) >= 11 is 0. The zero-order valence-corrected chi connectivity index (χ0v) is 14.0. The van der Waals surface area contributed by atoms with Crippen molar-refractivity contribution in [2.75, 3.05) is 18.0 Å². The van der Waals surface area contributed by atoms with Crippen molar-refractivity contribution in [2.45, 2.75) is 26.1 Å². The SMILES string of the molecule is C[C@@H]1CN(c2ccc(-c3ccc(C(=O)NN)cc3)cc2)C[C@H](C)O1. The Bertz CT molecular complexity index is 688. The number of carbonyl (C=O) groups excluding carboxylic acids is 1. The third kappa shape index (κ3) is 3.58. The zero-order chi connectivity index (χ0) is 17.1. The Morgan fingerprint density at radius 2 is 1.50 bits per heavy atom. The van der Waals surface area contributed by atoms with Crippen LogP contribution in [-0.4, -0.2) is 31.2 Å². The van der Waals surface area contributed by atoms with E-state index in [1.165, 1.54) is 5.69 Å². The second-order valence-corrected chi connectivity index (χ2v) is 6.26. The Labute approximate surface area is 142 Å². The van der Waals surface area contributed by atoms with E-state index in [9.17, 15) is 4.79 Å². The van der Waals surface area contributed by atoms with Crippen molar-refractivity contribution in [3.05, 3.63) is 54.1 Å². The van der Waals surface area contributed by atoms with Crippen molar-refractivity contribution in [3.63, 3.8) is 0 Å². The van der Waals surface area contributed by atoms with E-state index in [4.69, 9.17) is 10.6 Å². The van der Waals surface area contributed by atoms with Crippen molar-refractivity contribution in [3.8, 4) is 11.1 Å². The van der Waals surface area contributed by atoms with E-state index in [-0.39, 0.29) is 18.1 Å². The molecule has 0 unspecified atom stereocenters. The number of ether oxygens (including phenoxy) is 1. The molecule has 0 aliphatic carbocycles. The number of nitrogens with zero attached hydrogens (tertiary/aromatic N) is 1. The van der Waals surface area contributed by atoms with Crippen LogP contribution in [-0.2, 0) is 4.74 Å². The molecule has 2 aromatic rings. The molecule has 1 aliphatic heterocycles. The molecule has 3 rings (SSSR count). The average molecular weight is 325 g/mol. The summed E-state index contributed by atoms with van der Waals surface area (Å²) in [6.07, 6.45) is 0.490. The lowest BCUT2D eigenvalue weighted by atomic mass is 10.0. The quantitative estimate of drug-likeness (QED) is 0.517. The Morgan fingerprint density at radius 3 is 2.00 bits per heavy atom. The summed E-state index contributed by atoms with van der Waals surface area (Å²) in [4.78, 5) is 13.8. The van der Waals surface area contributed by atoms with E-state index in [0.717, 1.165) is 24.2 Å². The van der Waals surface area contributed by atoms with Gasteiger partial charge in [-0.2, -0.15) is 0 Å². The van der Waals surface area contributed by atoms with E-state index in [2.05, 4.69) is 48.4 Å². The molecule has 0 radical (unpaired) electrons. The molecular weight excluding hydrogens is 302 g/mol. The summed E-state index contributed by atoms with van der Waals surface area (Å²) in [5.74, 6) is 4.86. The standard InChI is InChI=1S/C19H23N3O2/c1-13-11-22(12-14(2)24-13)18-9-7-16(8-10-18)15-3-5-17(6-4-15)19(23)21-20/h3-10,13-14H,11-12,20H2,1-2H3,(H,21,23)/t13-,14+. The molecule has 2 aromatic carbocycles. The van der Waals surface area contributed by atoms with Gasteiger partial charge in [-0.05, 0) is 49.2 Å². The normalized spacial score (nSPS) is 20.7. The molecule has 5 nitrogen and oxygen atoms in total. The monoisotopic (exact) mass is 325 g/mol. The van der Waals surface area contributed by atoms with Crippen LogP contribution in [0.15, 0.2) is 48.5 Å². The molecule has 3 N–H and O–H groups in total. The molecule has 5 heteroatoms. The Kier molecular flexibility index (Phi) is 4.83. The minimum atomic E-state index is -0.285. The molecule has 126 valence electrons. The number of benzene rings is 2. The van der Waals surface area contributed by atoms with Gasteiger partial charge in [0.15, 0.2) is 0 Å². The fourth-order valence-corrected chi connectivity index (χ4v) is 3.15. The minimum Gasteiger partial charge on any atom is -0.372 e. The number of morpholine rings is 1. The fraction of sp³-hybridized carbons (Fsp3) is 0.316. The first-order chi connectivity index (χ1) is 11.6. The molecular formula is C19H23N3O2. The zero-order valence-electron chi connectivity index (χ0n) is 14.0. The van der Waals surface area contributed by atoms with Gasteiger partial charge < -0.3 is 9.64 Å². The number of nitrogens with one attached hydrogen (secondary N) is 1. The molecule has 1 fully saturated rings. The fourth-order valence-electron chi connectivity index (χ4n) is 3.15. The van der Waals surface area contributed by atoms with Gasteiger partial charge in [0.05, 0.1) is 12.2 Å². The highest BCUT2D eigenvalue weighted by Gasteiger charge is 2.22. The third-order valence-electron chi connectivity index (χ3n) is 4.26. The van der Waals surface area contributed by atoms with Crippen LogP contribution in [0.25, 0.3) is 11.1 Å². The summed E-state index contributed by atoms with van der Waals surface area (Å²) in [6, 6.07) is 15.9. The van der Waals surface area contributed by atoms with Crippen LogP contribution < -0.4 is 16.2 Å². The van der Waals surface area contributed by atoms with Crippen LogP contribution in [0.5, 0.6) is 0 Å². The van der Waals surface area contributed by atoms with Gasteiger partial charge in [0.1, 0.15) is 0 Å². The lowest BCUT2D eigenvalue weighted by molar-refractivity contribution is -0.00521. The molecule has 0 aromatic heterocycles. The number of rotatable bonds is 3. The average Bonchev–Trinajstić information content (AvgIpc) is 2.60. The second-order valence-electron chi connectivity index (χ2n) is 6.26. The van der Waals surface area contributed by atoms with Gasteiger partial charge in [-0.25, -0.2) is 5.84 Å². The topological polar surface area (TPSA) is 67.6 Å². The first-order valence-corrected chi connectivity index (χ1v) is 8.18. The molecule has 2 atom stereocenters. The number of hydrogen-bond donors (Lipinski definition) is 2. The van der Waals surface area contributed by atoms with Crippen LogP contribution in [0.3, 0.4) is 0 Å². The summed E-state index contributed by atoms with van der Waals surface area (Å²) in [6.45, 7) is 6.03. The van der Waals surface area contributed by atoms with Crippen LogP contribution >= 0.6 is 0 Å². The summed E-state index contributed by atoms with van der Waals surface area (Å²) < 4.78 is 5.79. The molecule has 1 aliphatic rings. The maximum absolute atomic E-state index is 11.5. The lowest BCUT2D eigenvalue weighted by Gasteiger charge is -2.36. The highest BCUT2D eigenvalue weighted by Crippen LogP contribution is 2.25. The number of anilines is 1. The van der Waals surface area contributed by atoms with E-state index in [1.54, 1.807) is 12.1 Å². The molecule has 24 heavy (non-hydrogen) atoms. The number of hydrogen-bond acceptors (Lipinski definition) is 4. The van der Waals surface area contributed by atoms with Crippen molar-refractivity contribution in [2.24, 2.45) is 5.84 Å². The highest BCUT2D eigenvalue weighted by atomic mass is 16.5. The van der Waals surface area contributed by atoms with Crippen LogP contribution in [0.4, 0.5) is 5.69 Å². The number of hydrazine groups is 1. The number of nitrogen functional groups attached to an aromatic ring is 1. The molecule has 1 heterocycles. The molecule has 1 amide bonds. The van der Waals surface area contributed by atoms with E-state index < -0.39 is 0 Å². The Balaban J connectivity index is 1.75. The van der Waals surface area contributed by atoms with Crippen molar-refractivity contribution in [1.82, 2.24) is 5.43 Å². The van der Waals surface area contributed by atoms with Gasteiger partial charge in [0, 0.05) is 24.3 Å². The van der Waals surface area contributed by atoms with E-state index in [1.807, 2.05) is 12.1 Å². The minimum absolute atomic E-state index is 0.245. The second kappa shape index (κ2) is 7.03. The van der Waals surface area contributed by atoms with E-state index >= 15 is 0 Å². The summed E-state index contributed by atoms with van der Waals surface area (Å²) in [5, 5.41) is 0. The van der Waals surface area contributed by atoms with E-state index in [0.29, 0.717) is 5.56 Å². The van der Waals surface area contributed by atoms with Gasteiger partial charge in [-0.3, -0.25) is 10.2 Å². The van der Waals surface area contributed by atoms with Crippen molar-refractivity contribution in [1.29, 1.82) is 0 Å². The third-order valence-corrected chi connectivity index (χ3v) is 4.26. The maximum Gasteiger partial charge on any atom is 0.265 e. The highest BCUT2D eigenvalue weighted by molar-refractivity contribution is 5.94. The van der Waals surface area contributed by atoms with Gasteiger partial charge in [-0.15, -0.1) is 0 Å². The Morgan fingerprint density at radius 1 is 1.00 bits per heavy atom. The van der Waals surface area contributed by atoms with Crippen molar-refractivity contribution < 1.29 is 9.53 Å². The van der Waals surface area contributed by atoms with Crippen LogP contribution in [0, 0.1) is 0 Å². The molecule has 1 saturated heterocycles. The van der Waals surface area contributed by atoms with Gasteiger partial charge in [0.2, 0.25) is 0 Å². The van der Waals surface area contributed by atoms with Gasteiger partial charge >= 0.3 is 0 Å². The maximum atomic E-state index is 11.5. The largest absolute Gasteiger partial charge is 0.372 e. The summed E-state index contributed by atoms with van der Waals surface area (Å²) in [7, 11) is 0. The summed E-state index contributed by atoms with van der Waals surface area (Å²) in [5.41, 5.74) is 6.08. The van der Waals surface area contributed by atoms with Crippen molar-refractivity contribution >= 4 is 11.6 Å². The molecule has 0 saturated carbocycles. The van der Waals surface area contributed by atoms with Crippen LogP contribution in [0.1, 0.15) is 24.2 Å². The predicted molar refractivity (Wildman–Crippen MR) is 95.8 cm³/mol. The number of nitrogens with two attached hydrogens (primary N) is 1. The lowest BCUT2D eigenvalue weighted by Crippen LogP contribution is -2.45. The number of carbonyl (C=O) groups is 1. The first-order valence-electron chi connectivity index (χ1n) is 8.18. The molecule has 0 spiro atoms. The Hall–Kier alpha value is -2.37. The van der Waals surface area contributed by atoms with Gasteiger partial charge in [-0.1, -0.05) is 24.3 Å². The smallest absolute Gasteiger partial charge is 0.265 e. The number of amides is 1. The van der Waals surface area contributed by atoms with Crippen LogP contribution in [0.2, 0.25) is 0 Å².